The van der Waals surface area contributed by atoms with Gasteiger partial charge < -0.3 is 35.1 Å². The zero-order chi connectivity index (χ0) is 17.3. The maximum atomic E-state index is 10.9. The molecule has 0 saturated heterocycles. The van der Waals surface area contributed by atoms with E-state index in [4.69, 9.17) is 0 Å². The summed E-state index contributed by atoms with van der Waals surface area (Å²) in [6, 6.07) is 36.9. The zero-order valence-corrected chi connectivity index (χ0v) is 16.2. The molecule has 0 saturated carbocycles. The van der Waals surface area contributed by atoms with E-state index in [-0.39, 0.29) is 17.1 Å². The van der Waals surface area contributed by atoms with Crippen LogP contribution in [0.1, 0.15) is 10.4 Å². The zero-order valence-electron chi connectivity index (χ0n) is 14.2. The molecule has 0 atom stereocenters. The second kappa shape index (κ2) is 10.7. The summed E-state index contributed by atoms with van der Waals surface area (Å²) in [5, 5.41) is 3.83. The van der Waals surface area contributed by atoms with Crippen LogP contribution in [0.4, 0.5) is 0 Å². The SMILES string of the molecule is O=C[c-]1ccc(P(c2ccccc2)c2ccccc2)c1.[Fe].[cH-]1[cH-][cH-][cH-][cH-]1. The minimum atomic E-state index is -0.590. The molecule has 0 amide bonds. The molecule has 26 heavy (non-hydrogen) atoms. The Morgan fingerprint density at radius 2 is 1.15 bits per heavy atom. The van der Waals surface area contributed by atoms with Crippen molar-refractivity contribution in [2.45, 2.75) is 0 Å². The summed E-state index contributed by atoms with van der Waals surface area (Å²) in [6.07, 6.45) is 0.910. The molecule has 0 radical (unpaired) electrons. The van der Waals surface area contributed by atoms with E-state index in [1.807, 2.05) is 54.6 Å². The maximum absolute atomic E-state index is 10.9. The van der Waals surface area contributed by atoms with E-state index in [0.717, 1.165) is 11.8 Å². The van der Waals surface area contributed by atoms with Gasteiger partial charge in [0.2, 0.25) is 0 Å². The normalized spacial score (nSPS) is 9.73. The molecule has 0 heterocycles. The third kappa shape index (κ3) is 5.38. The first-order valence-electron chi connectivity index (χ1n) is 8.17. The summed E-state index contributed by atoms with van der Waals surface area (Å²) in [5.74, 6) is 0. The van der Waals surface area contributed by atoms with Gasteiger partial charge in [0.15, 0.2) is 0 Å². The Morgan fingerprint density at radius 3 is 1.54 bits per heavy atom. The maximum Gasteiger partial charge on any atom is 0.0950 e. The molecule has 3 heteroatoms. The molecular formula is C23H19FeOP-6. The number of benzene rings is 2. The van der Waals surface area contributed by atoms with E-state index in [0.29, 0.717) is 0 Å². The fraction of sp³-hybridized carbons (Fsp3) is 0. The third-order valence-electron chi connectivity index (χ3n) is 3.74. The average Bonchev–Trinajstić information content (AvgIpc) is 3.39. The average molecular weight is 398 g/mol. The van der Waals surface area contributed by atoms with Crippen LogP contribution in [0.15, 0.2) is 109 Å². The van der Waals surface area contributed by atoms with E-state index >= 15 is 0 Å². The van der Waals surface area contributed by atoms with Crippen LogP contribution in [0.3, 0.4) is 0 Å². The van der Waals surface area contributed by atoms with Crippen LogP contribution >= 0.6 is 7.92 Å². The van der Waals surface area contributed by atoms with Crippen LogP contribution in [-0.4, -0.2) is 6.29 Å². The topological polar surface area (TPSA) is 17.1 Å². The predicted molar refractivity (Wildman–Crippen MR) is 108 cm³/mol. The van der Waals surface area contributed by atoms with E-state index in [1.165, 1.54) is 15.9 Å². The molecule has 0 aliphatic rings. The summed E-state index contributed by atoms with van der Waals surface area (Å²) in [7, 11) is -0.590. The standard InChI is InChI=1S/C18H14OP.C5H5.Fe/c19-14-15-11-12-18(13-15)20(16-7-3-1-4-8-16)17-9-5-2-6-10-17;1-2-4-5-3-1;/h1-14H;1-5H;/q-1;-5;. The van der Waals surface area contributed by atoms with Gasteiger partial charge >= 0.3 is 0 Å². The first kappa shape index (κ1) is 20.1. The van der Waals surface area contributed by atoms with Gasteiger partial charge in [-0.25, -0.2) is 6.07 Å². The van der Waals surface area contributed by atoms with Gasteiger partial charge in [-0.2, -0.15) is 17.4 Å². The van der Waals surface area contributed by atoms with Crippen molar-refractivity contribution in [2.75, 3.05) is 0 Å². The van der Waals surface area contributed by atoms with E-state index in [1.54, 1.807) is 0 Å². The van der Waals surface area contributed by atoms with Gasteiger partial charge in [0, 0.05) is 17.1 Å². The number of hydrogen-bond donors (Lipinski definition) is 0. The van der Waals surface area contributed by atoms with Crippen LogP contribution in [0, 0.1) is 0 Å². The molecule has 0 aliphatic carbocycles. The summed E-state index contributed by atoms with van der Waals surface area (Å²) in [6.45, 7) is 0. The van der Waals surface area contributed by atoms with Crippen LogP contribution in [-0.2, 0) is 17.1 Å². The van der Waals surface area contributed by atoms with Crippen molar-refractivity contribution >= 4 is 30.1 Å². The molecule has 0 spiro atoms. The van der Waals surface area contributed by atoms with Gasteiger partial charge in [-0.1, -0.05) is 74.1 Å². The molecule has 4 aromatic carbocycles. The summed E-state index contributed by atoms with van der Waals surface area (Å²) >= 11 is 0. The van der Waals surface area contributed by atoms with E-state index in [2.05, 4.69) is 54.6 Å². The molecule has 0 unspecified atom stereocenters. The van der Waals surface area contributed by atoms with Gasteiger partial charge in [0.25, 0.3) is 0 Å². The molecule has 136 valence electrons. The van der Waals surface area contributed by atoms with Crippen LogP contribution in [0.25, 0.3) is 0 Å². The first-order chi connectivity index (χ1) is 12.4. The van der Waals surface area contributed by atoms with Crippen LogP contribution < -0.4 is 15.9 Å². The van der Waals surface area contributed by atoms with Gasteiger partial charge in [-0.3, -0.25) is 0 Å². The molecule has 0 N–H and O–H groups in total. The van der Waals surface area contributed by atoms with Gasteiger partial charge in [0.05, 0.1) is 6.29 Å². The third-order valence-corrected chi connectivity index (χ3v) is 6.16. The monoisotopic (exact) mass is 398 g/mol. The molecular weight excluding hydrogens is 379 g/mol. The van der Waals surface area contributed by atoms with Crippen molar-refractivity contribution in [3.8, 4) is 0 Å². The number of carbonyl (C=O) groups is 1. The molecule has 0 fully saturated rings. The number of rotatable bonds is 4. The number of aldehydes is 1. The molecule has 4 aromatic rings. The molecule has 4 rings (SSSR count). The largest absolute Gasteiger partial charge is 0.748 e. The fourth-order valence-corrected chi connectivity index (χ4v) is 4.92. The Labute approximate surface area is 166 Å². The fourth-order valence-electron chi connectivity index (χ4n) is 2.58. The second-order valence-corrected chi connectivity index (χ2v) is 7.71. The van der Waals surface area contributed by atoms with Crippen LogP contribution in [0.2, 0.25) is 0 Å². The minimum Gasteiger partial charge on any atom is -0.748 e. The molecule has 1 nitrogen and oxygen atoms in total. The Balaban J connectivity index is 0.000000351. The van der Waals surface area contributed by atoms with E-state index < -0.39 is 7.92 Å². The van der Waals surface area contributed by atoms with Gasteiger partial charge in [-0.05, 0) is 10.6 Å². The van der Waals surface area contributed by atoms with E-state index in [9.17, 15) is 4.79 Å². The Kier molecular flexibility index (Phi) is 8.25. The van der Waals surface area contributed by atoms with Gasteiger partial charge in [0.1, 0.15) is 0 Å². The van der Waals surface area contributed by atoms with Crippen LogP contribution in [0.5, 0.6) is 0 Å². The summed E-state index contributed by atoms with van der Waals surface area (Å²) in [5.41, 5.74) is 0.749. The summed E-state index contributed by atoms with van der Waals surface area (Å²) < 4.78 is 0. The van der Waals surface area contributed by atoms with Crippen molar-refractivity contribution < 1.29 is 21.9 Å². The van der Waals surface area contributed by atoms with Crippen molar-refractivity contribution in [3.63, 3.8) is 0 Å². The predicted octanol–water partition coefficient (Wildman–Crippen LogP) is 4.38. The van der Waals surface area contributed by atoms with Crippen molar-refractivity contribution in [1.29, 1.82) is 0 Å². The Hall–Kier alpha value is -2.24. The first-order valence-corrected chi connectivity index (χ1v) is 9.51. The Morgan fingerprint density at radius 1 is 0.692 bits per heavy atom. The molecule has 0 aromatic heterocycles. The second-order valence-electron chi connectivity index (χ2n) is 5.49. The smallest absolute Gasteiger partial charge is 0.0950 e. The minimum absolute atomic E-state index is 0. The van der Waals surface area contributed by atoms with Crippen molar-refractivity contribution in [3.05, 3.63) is 115 Å². The number of carbonyl (C=O) groups excluding carboxylic acids is 1. The summed E-state index contributed by atoms with van der Waals surface area (Å²) in [4.78, 5) is 10.9. The molecule has 0 bridgehead atoms. The molecule has 0 aliphatic heterocycles. The quantitative estimate of drug-likeness (QED) is 0.216. The van der Waals surface area contributed by atoms with Crippen molar-refractivity contribution in [1.82, 2.24) is 0 Å². The van der Waals surface area contributed by atoms with Gasteiger partial charge in [-0.15, -0.1) is 0 Å². The number of hydrogen-bond acceptors (Lipinski definition) is 1. The Bertz CT molecular complexity index is 810. The van der Waals surface area contributed by atoms with Crippen molar-refractivity contribution in [2.24, 2.45) is 0 Å².